The minimum Gasteiger partial charge on any atom is -0.493 e. The predicted octanol–water partition coefficient (Wildman–Crippen LogP) is 3.98. The van der Waals surface area contributed by atoms with E-state index in [0.717, 1.165) is 35.0 Å². The average molecular weight is 286 g/mol. The van der Waals surface area contributed by atoms with E-state index in [4.69, 9.17) is 15.5 Å². The van der Waals surface area contributed by atoms with Crippen LogP contribution in [0, 0.1) is 0 Å². The molecule has 2 N–H and O–H groups in total. The molecule has 1 saturated carbocycles. The summed E-state index contributed by atoms with van der Waals surface area (Å²) in [5.74, 6) is 1.65. The SMILES string of the molecule is Nc1sc(C2CCCC2)nc1-c1ccc2c(c1)CCO2. The maximum atomic E-state index is 6.21. The van der Waals surface area contributed by atoms with E-state index >= 15 is 0 Å². The van der Waals surface area contributed by atoms with Crippen molar-refractivity contribution in [3.05, 3.63) is 28.8 Å². The van der Waals surface area contributed by atoms with Crippen molar-refractivity contribution in [3.8, 4) is 17.0 Å². The highest BCUT2D eigenvalue weighted by Crippen LogP contribution is 2.41. The van der Waals surface area contributed by atoms with E-state index in [1.165, 1.54) is 36.3 Å². The van der Waals surface area contributed by atoms with Gasteiger partial charge in [0.25, 0.3) is 0 Å². The molecule has 2 aromatic rings. The lowest BCUT2D eigenvalue weighted by molar-refractivity contribution is 0.357. The van der Waals surface area contributed by atoms with Gasteiger partial charge in [-0.15, -0.1) is 11.3 Å². The highest BCUT2D eigenvalue weighted by Gasteiger charge is 2.23. The molecule has 4 rings (SSSR count). The molecule has 20 heavy (non-hydrogen) atoms. The van der Waals surface area contributed by atoms with Crippen molar-refractivity contribution in [1.82, 2.24) is 4.98 Å². The van der Waals surface area contributed by atoms with Gasteiger partial charge in [-0.3, -0.25) is 0 Å². The summed E-state index contributed by atoms with van der Waals surface area (Å²) in [5, 5.41) is 2.08. The monoisotopic (exact) mass is 286 g/mol. The van der Waals surface area contributed by atoms with Crippen LogP contribution in [-0.4, -0.2) is 11.6 Å². The van der Waals surface area contributed by atoms with Gasteiger partial charge in [-0.05, 0) is 36.6 Å². The third kappa shape index (κ3) is 1.99. The van der Waals surface area contributed by atoms with Crippen LogP contribution in [0.4, 0.5) is 5.00 Å². The molecule has 1 aliphatic carbocycles. The van der Waals surface area contributed by atoms with Gasteiger partial charge in [0.2, 0.25) is 0 Å². The molecule has 0 amide bonds. The van der Waals surface area contributed by atoms with Crippen LogP contribution in [-0.2, 0) is 6.42 Å². The number of hydrogen-bond donors (Lipinski definition) is 1. The molecular formula is C16H18N2OS. The molecule has 0 bridgehead atoms. The Morgan fingerprint density at radius 2 is 2.10 bits per heavy atom. The zero-order chi connectivity index (χ0) is 13.5. The lowest BCUT2D eigenvalue weighted by atomic mass is 10.1. The molecular weight excluding hydrogens is 268 g/mol. The van der Waals surface area contributed by atoms with Crippen LogP contribution in [0.5, 0.6) is 5.75 Å². The van der Waals surface area contributed by atoms with Crippen LogP contribution in [0.3, 0.4) is 0 Å². The Morgan fingerprint density at radius 1 is 1.25 bits per heavy atom. The normalized spacial score (nSPS) is 18.2. The van der Waals surface area contributed by atoms with E-state index in [9.17, 15) is 0 Å². The Hall–Kier alpha value is -1.55. The number of rotatable bonds is 2. The Morgan fingerprint density at radius 3 is 2.95 bits per heavy atom. The molecule has 1 aliphatic heterocycles. The Kier molecular flexibility index (Phi) is 2.91. The molecule has 0 unspecified atom stereocenters. The number of nitrogen functional groups attached to an aromatic ring is 1. The van der Waals surface area contributed by atoms with Crippen LogP contribution in [0.2, 0.25) is 0 Å². The second-order valence-electron chi connectivity index (χ2n) is 5.67. The third-order valence-corrected chi connectivity index (χ3v) is 5.38. The van der Waals surface area contributed by atoms with E-state index in [1.54, 1.807) is 11.3 Å². The third-order valence-electron chi connectivity index (χ3n) is 4.34. The molecule has 4 heteroatoms. The smallest absolute Gasteiger partial charge is 0.122 e. The van der Waals surface area contributed by atoms with Gasteiger partial charge >= 0.3 is 0 Å². The summed E-state index contributed by atoms with van der Waals surface area (Å²) < 4.78 is 5.56. The maximum Gasteiger partial charge on any atom is 0.122 e. The van der Waals surface area contributed by atoms with E-state index in [0.29, 0.717) is 5.92 Å². The zero-order valence-electron chi connectivity index (χ0n) is 11.4. The van der Waals surface area contributed by atoms with Crippen LogP contribution in [0.15, 0.2) is 18.2 Å². The number of thiazole rings is 1. The largest absolute Gasteiger partial charge is 0.493 e. The molecule has 104 valence electrons. The molecule has 0 saturated heterocycles. The summed E-state index contributed by atoms with van der Waals surface area (Å²) >= 11 is 1.68. The van der Waals surface area contributed by atoms with Crippen LogP contribution in [0.25, 0.3) is 11.3 Å². The molecule has 0 spiro atoms. The van der Waals surface area contributed by atoms with Crippen LogP contribution >= 0.6 is 11.3 Å². The Labute approximate surface area is 122 Å². The molecule has 0 atom stereocenters. The fourth-order valence-electron chi connectivity index (χ4n) is 3.24. The first kappa shape index (κ1) is 12.2. The molecule has 3 nitrogen and oxygen atoms in total. The lowest BCUT2D eigenvalue weighted by Crippen LogP contribution is -1.91. The Bertz CT molecular complexity index is 644. The van der Waals surface area contributed by atoms with Gasteiger partial charge in [-0.25, -0.2) is 4.98 Å². The highest BCUT2D eigenvalue weighted by molar-refractivity contribution is 7.16. The van der Waals surface area contributed by atoms with E-state index < -0.39 is 0 Å². The van der Waals surface area contributed by atoms with Crippen molar-refractivity contribution in [2.75, 3.05) is 12.3 Å². The standard InChI is InChI=1S/C16H18N2OS/c17-15-14(18-16(20-15)10-3-1-2-4-10)12-5-6-13-11(9-12)7-8-19-13/h5-6,9-10H,1-4,7-8,17H2. The number of nitrogens with zero attached hydrogens (tertiary/aromatic N) is 1. The summed E-state index contributed by atoms with van der Waals surface area (Å²) in [6.07, 6.45) is 6.18. The number of ether oxygens (including phenoxy) is 1. The lowest BCUT2D eigenvalue weighted by Gasteiger charge is -2.04. The second kappa shape index (κ2) is 4.77. The summed E-state index contributed by atoms with van der Waals surface area (Å²) in [6.45, 7) is 0.790. The minimum atomic E-state index is 0.633. The van der Waals surface area contributed by atoms with Gasteiger partial charge < -0.3 is 10.5 Å². The topological polar surface area (TPSA) is 48.1 Å². The van der Waals surface area contributed by atoms with Crippen molar-refractivity contribution < 1.29 is 4.74 Å². The first-order valence-corrected chi connectivity index (χ1v) is 8.15. The number of aromatic nitrogens is 1. The quantitative estimate of drug-likeness (QED) is 0.908. The fourth-order valence-corrected chi connectivity index (χ4v) is 4.26. The van der Waals surface area contributed by atoms with Crippen molar-refractivity contribution in [2.45, 2.75) is 38.0 Å². The molecule has 2 heterocycles. The minimum absolute atomic E-state index is 0.633. The number of fused-ring (bicyclic) bond motifs is 1. The highest BCUT2D eigenvalue weighted by atomic mass is 32.1. The number of nitrogens with two attached hydrogens (primary N) is 1. The van der Waals surface area contributed by atoms with Crippen molar-refractivity contribution in [2.24, 2.45) is 0 Å². The second-order valence-corrected chi connectivity index (χ2v) is 6.73. The first-order valence-electron chi connectivity index (χ1n) is 7.33. The van der Waals surface area contributed by atoms with Crippen molar-refractivity contribution in [3.63, 3.8) is 0 Å². The summed E-state index contributed by atoms with van der Waals surface area (Å²) in [6, 6.07) is 6.31. The van der Waals surface area contributed by atoms with E-state index in [-0.39, 0.29) is 0 Å². The van der Waals surface area contributed by atoms with Gasteiger partial charge in [0, 0.05) is 17.9 Å². The van der Waals surface area contributed by atoms with Crippen LogP contribution < -0.4 is 10.5 Å². The van der Waals surface area contributed by atoms with Gasteiger partial charge in [0.1, 0.15) is 16.4 Å². The maximum absolute atomic E-state index is 6.21. The molecule has 0 radical (unpaired) electrons. The number of anilines is 1. The zero-order valence-corrected chi connectivity index (χ0v) is 12.2. The Balaban J connectivity index is 1.71. The molecule has 2 aliphatic rings. The van der Waals surface area contributed by atoms with Gasteiger partial charge in [0.05, 0.1) is 11.6 Å². The van der Waals surface area contributed by atoms with Gasteiger partial charge in [-0.1, -0.05) is 12.8 Å². The van der Waals surface area contributed by atoms with Gasteiger partial charge in [0.15, 0.2) is 0 Å². The molecule has 1 aromatic heterocycles. The van der Waals surface area contributed by atoms with Crippen LogP contribution in [0.1, 0.15) is 42.2 Å². The number of benzene rings is 1. The van der Waals surface area contributed by atoms with E-state index in [2.05, 4.69) is 12.1 Å². The summed E-state index contributed by atoms with van der Waals surface area (Å²) in [4.78, 5) is 4.84. The fraction of sp³-hybridized carbons (Fsp3) is 0.438. The first-order chi connectivity index (χ1) is 9.81. The molecule has 1 fully saturated rings. The van der Waals surface area contributed by atoms with Crippen molar-refractivity contribution >= 4 is 16.3 Å². The molecule has 1 aromatic carbocycles. The average Bonchev–Trinajstić information content (AvgIpc) is 3.17. The van der Waals surface area contributed by atoms with E-state index in [1.807, 2.05) is 6.07 Å². The summed E-state index contributed by atoms with van der Waals surface area (Å²) in [5.41, 5.74) is 9.58. The summed E-state index contributed by atoms with van der Waals surface area (Å²) in [7, 11) is 0. The van der Waals surface area contributed by atoms with Gasteiger partial charge in [-0.2, -0.15) is 0 Å². The number of hydrogen-bond acceptors (Lipinski definition) is 4. The van der Waals surface area contributed by atoms with Crippen molar-refractivity contribution in [1.29, 1.82) is 0 Å². The predicted molar refractivity (Wildman–Crippen MR) is 82.4 cm³/mol.